The van der Waals surface area contributed by atoms with Crippen molar-refractivity contribution in [1.82, 2.24) is 0 Å². The normalized spacial score (nSPS) is 18.4. The third-order valence-electron chi connectivity index (χ3n) is 4.00. The Morgan fingerprint density at radius 3 is 2.41 bits per heavy atom. The molecule has 1 aliphatic carbocycles. The molecule has 3 heteroatoms. The van der Waals surface area contributed by atoms with E-state index in [1.807, 2.05) is 19.9 Å². The van der Waals surface area contributed by atoms with Crippen LogP contribution in [0.15, 0.2) is 6.07 Å². The first kappa shape index (κ1) is 12.2. The molecule has 1 aromatic rings. The highest BCUT2D eigenvalue weighted by Crippen LogP contribution is 2.45. The first-order valence-electron chi connectivity index (χ1n) is 6.16. The Morgan fingerprint density at radius 2 is 1.88 bits per heavy atom. The van der Waals surface area contributed by atoms with Gasteiger partial charge in [-0.3, -0.25) is 0 Å². The van der Waals surface area contributed by atoms with Gasteiger partial charge in [0.25, 0.3) is 0 Å². The lowest BCUT2D eigenvalue weighted by Gasteiger charge is -2.27. The van der Waals surface area contributed by atoms with Crippen LogP contribution in [0.1, 0.15) is 42.4 Å². The van der Waals surface area contributed by atoms with Gasteiger partial charge in [-0.25, -0.2) is 0 Å². The van der Waals surface area contributed by atoms with Gasteiger partial charge in [0.05, 0.1) is 7.11 Å². The number of methoxy groups -OCH3 is 1. The minimum atomic E-state index is -0.379. The van der Waals surface area contributed by atoms with Gasteiger partial charge in [-0.1, -0.05) is 12.8 Å². The van der Waals surface area contributed by atoms with Crippen molar-refractivity contribution in [2.24, 2.45) is 5.73 Å². The van der Waals surface area contributed by atoms with Gasteiger partial charge in [-0.2, -0.15) is 0 Å². The highest BCUT2D eigenvalue weighted by Gasteiger charge is 2.35. The minimum absolute atomic E-state index is 0.222. The Labute approximate surface area is 103 Å². The molecule has 0 spiro atoms. The fourth-order valence-corrected chi connectivity index (χ4v) is 2.78. The van der Waals surface area contributed by atoms with Crippen molar-refractivity contribution in [3.63, 3.8) is 0 Å². The van der Waals surface area contributed by atoms with Crippen LogP contribution in [0, 0.1) is 13.8 Å². The van der Waals surface area contributed by atoms with Gasteiger partial charge in [0.2, 0.25) is 0 Å². The summed E-state index contributed by atoms with van der Waals surface area (Å²) in [4.78, 5) is 0. The first-order chi connectivity index (χ1) is 7.99. The third-order valence-corrected chi connectivity index (χ3v) is 4.00. The van der Waals surface area contributed by atoms with E-state index in [1.165, 1.54) is 0 Å². The molecule has 0 amide bonds. The van der Waals surface area contributed by atoms with E-state index in [-0.39, 0.29) is 11.3 Å². The summed E-state index contributed by atoms with van der Waals surface area (Å²) in [5, 5.41) is 10.3. The van der Waals surface area contributed by atoms with E-state index in [2.05, 4.69) is 0 Å². The van der Waals surface area contributed by atoms with E-state index in [9.17, 15) is 5.11 Å². The number of rotatable bonds is 2. The summed E-state index contributed by atoms with van der Waals surface area (Å²) in [7, 11) is 1.59. The van der Waals surface area contributed by atoms with Crippen molar-refractivity contribution in [2.75, 3.05) is 7.11 Å². The van der Waals surface area contributed by atoms with Crippen LogP contribution in [0.3, 0.4) is 0 Å². The summed E-state index contributed by atoms with van der Waals surface area (Å²) in [6.07, 6.45) is 4.13. The molecule has 0 radical (unpaired) electrons. The third kappa shape index (κ3) is 1.89. The van der Waals surface area contributed by atoms with Crippen LogP contribution in [0.25, 0.3) is 0 Å². The second-order valence-corrected chi connectivity index (χ2v) is 5.11. The van der Waals surface area contributed by atoms with E-state index < -0.39 is 0 Å². The number of hydrogen-bond acceptors (Lipinski definition) is 3. The van der Waals surface area contributed by atoms with Crippen molar-refractivity contribution in [3.8, 4) is 11.5 Å². The minimum Gasteiger partial charge on any atom is -0.504 e. The highest BCUT2D eigenvalue weighted by molar-refractivity contribution is 5.56. The number of aromatic hydroxyl groups is 1. The fourth-order valence-electron chi connectivity index (χ4n) is 2.78. The molecule has 0 unspecified atom stereocenters. The van der Waals surface area contributed by atoms with Gasteiger partial charge in [-0.15, -0.1) is 0 Å². The van der Waals surface area contributed by atoms with Crippen molar-refractivity contribution < 1.29 is 9.84 Å². The van der Waals surface area contributed by atoms with Gasteiger partial charge >= 0.3 is 0 Å². The van der Waals surface area contributed by atoms with Crippen molar-refractivity contribution in [2.45, 2.75) is 45.1 Å². The Balaban J connectivity index is 2.58. The molecule has 0 bridgehead atoms. The molecule has 0 atom stereocenters. The molecule has 0 saturated heterocycles. The van der Waals surface area contributed by atoms with Crippen molar-refractivity contribution in [1.29, 1.82) is 0 Å². The molecular formula is C14H21NO2. The van der Waals surface area contributed by atoms with Gasteiger partial charge in [-0.05, 0) is 43.9 Å². The lowest BCUT2D eigenvalue weighted by Crippen LogP contribution is -2.33. The quantitative estimate of drug-likeness (QED) is 0.828. The summed E-state index contributed by atoms with van der Waals surface area (Å²) in [5.41, 5.74) is 8.97. The second-order valence-electron chi connectivity index (χ2n) is 5.11. The molecule has 3 N–H and O–H groups in total. The van der Waals surface area contributed by atoms with Crippen LogP contribution in [0.4, 0.5) is 0 Å². The van der Waals surface area contributed by atoms with E-state index in [0.29, 0.717) is 5.75 Å². The lowest BCUT2D eigenvalue weighted by atomic mass is 9.86. The zero-order valence-corrected chi connectivity index (χ0v) is 10.8. The van der Waals surface area contributed by atoms with Crippen LogP contribution >= 0.6 is 0 Å². The predicted molar refractivity (Wildman–Crippen MR) is 68.5 cm³/mol. The molecule has 2 rings (SSSR count). The van der Waals surface area contributed by atoms with Gasteiger partial charge in [0.1, 0.15) is 0 Å². The number of phenols is 1. The monoisotopic (exact) mass is 235 g/mol. The van der Waals surface area contributed by atoms with Crippen LogP contribution in [0.5, 0.6) is 11.5 Å². The molecular weight excluding hydrogens is 214 g/mol. The van der Waals surface area contributed by atoms with Crippen molar-refractivity contribution in [3.05, 3.63) is 22.8 Å². The first-order valence-corrected chi connectivity index (χ1v) is 6.16. The zero-order valence-electron chi connectivity index (χ0n) is 10.8. The zero-order chi connectivity index (χ0) is 12.6. The largest absolute Gasteiger partial charge is 0.504 e. The predicted octanol–water partition coefficient (Wildman–Crippen LogP) is 2.75. The summed E-state index contributed by atoms with van der Waals surface area (Å²) >= 11 is 0. The average molecular weight is 235 g/mol. The van der Waals surface area contributed by atoms with E-state index in [1.54, 1.807) is 7.11 Å². The maximum absolute atomic E-state index is 10.3. The molecule has 17 heavy (non-hydrogen) atoms. The van der Waals surface area contributed by atoms with Gasteiger partial charge < -0.3 is 15.6 Å². The lowest BCUT2D eigenvalue weighted by molar-refractivity contribution is 0.352. The summed E-state index contributed by atoms with van der Waals surface area (Å²) in [6, 6.07) is 2.01. The maximum atomic E-state index is 10.3. The number of benzene rings is 1. The van der Waals surface area contributed by atoms with Crippen LogP contribution in [-0.4, -0.2) is 12.2 Å². The molecule has 0 heterocycles. The van der Waals surface area contributed by atoms with Crippen LogP contribution in [0.2, 0.25) is 0 Å². The number of ether oxygens (including phenoxy) is 1. The summed E-state index contributed by atoms with van der Waals surface area (Å²) < 4.78 is 5.30. The second kappa shape index (κ2) is 4.22. The molecule has 1 aromatic carbocycles. The maximum Gasteiger partial charge on any atom is 0.164 e. The highest BCUT2D eigenvalue weighted by atomic mass is 16.5. The Bertz CT molecular complexity index is 434. The molecule has 1 fully saturated rings. The Kier molecular flexibility index (Phi) is 3.04. The summed E-state index contributed by atoms with van der Waals surface area (Å²) in [6.45, 7) is 3.98. The smallest absolute Gasteiger partial charge is 0.164 e. The molecule has 94 valence electrons. The number of hydrogen-bond donors (Lipinski definition) is 2. The Morgan fingerprint density at radius 1 is 1.29 bits per heavy atom. The number of phenolic OH excluding ortho intramolecular Hbond substituents is 1. The van der Waals surface area contributed by atoms with Gasteiger partial charge in [0.15, 0.2) is 11.5 Å². The van der Waals surface area contributed by atoms with Crippen LogP contribution < -0.4 is 10.5 Å². The Hall–Kier alpha value is -1.22. The fraction of sp³-hybridized carbons (Fsp3) is 0.571. The number of aryl methyl sites for hydroxylation is 1. The number of nitrogens with two attached hydrogens (primary N) is 1. The van der Waals surface area contributed by atoms with E-state index in [0.717, 1.165) is 42.4 Å². The van der Waals surface area contributed by atoms with Crippen LogP contribution in [-0.2, 0) is 5.54 Å². The molecule has 0 aliphatic heterocycles. The molecule has 0 aromatic heterocycles. The average Bonchev–Trinajstić information content (AvgIpc) is 2.72. The summed E-state index contributed by atoms with van der Waals surface area (Å²) in [5.74, 6) is 0.789. The van der Waals surface area contributed by atoms with Gasteiger partial charge in [0, 0.05) is 11.1 Å². The van der Waals surface area contributed by atoms with E-state index in [4.69, 9.17) is 10.5 Å². The van der Waals surface area contributed by atoms with Crippen molar-refractivity contribution >= 4 is 0 Å². The SMILES string of the molecule is COc1c(C)c(C)cc(C2(N)CCCC2)c1O. The molecule has 3 nitrogen and oxygen atoms in total. The standard InChI is InChI=1S/C14H21NO2/c1-9-8-11(14(15)6-4-5-7-14)12(16)13(17-3)10(9)2/h8,16H,4-7,15H2,1-3H3. The molecule has 1 aliphatic rings. The topological polar surface area (TPSA) is 55.5 Å². The molecule has 1 saturated carbocycles. The van der Waals surface area contributed by atoms with E-state index >= 15 is 0 Å².